The van der Waals surface area contributed by atoms with Crippen molar-refractivity contribution in [1.29, 1.82) is 0 Å². The number of aliphatic hydroxyl groups is 4. The van der Waals surface area contributed by atoms with Gasteiger partial charge in [0.05, 0.1) is 100 Å². The molecule has 0 aliphatic heterocycles. The van der Waals surface area contributed by atoms with E-state index in [0.29, 0.717) is 47.3 Å². The Labute approximate surface area is 640 Å². The molecule has 0 aliphatic rings. The second-order valence-corrected chi connectivity index (χ2v) is 21.8. The maximum Gasteiger partial charge on any atom is 0.160 e. The number of unbranched alkanes of at least 4 members (excludes halogenated alkanes) is 1. The Hall–Kier alpha value is -8.80. The number of hydrogen-bond donors (Lipinski definition) is 4. The smallest absolute Gasteiger partial charge is 0.160 e. The van der Waals surface area contributed by atoms with Crippen LogP contribution >= 0.6 is 0 Å². The van der Waals surface area contributed by atoms with Crippen molar-refractivity contribution in [3.05, 3.63) is 214 Å². The van der Waals surface area contributed by atoms with Crippen LogP contribution in [0.5, 0.6) is 69.0 Å². The van der Waals surface area contributed by atoms with E-state index in [9.17, 15) is 20.4 Å². The lowest BCUT2D eigenvalue weighted by atomic mass is 10.0. The minimum absolute atomic E-state index is 0.00952. The molecular weight excluding hydrogens is 1260 g/mol. The standard InChI is InChI=1S/4C21H28O4/c4*1-16-7-6-10-19(13-16)25-15-18(22)9-5-4-8-17-11-12-20(23-2)21(14-17)24-3/h4*6-7,10-14,18,22H,4-5,8-9,15H2,1-3H3/i2D3,3D3,4D2,8D2,9D2;3D3,4D2,8D2,9D2;2D3,4D2,8D2,9D2;15D2. The van der Waals surface area contributed by atoms with Crippen LogP contribution in [0, 0.1) is 27.7 Å². The van der Waals surface area contributed by atoms with Gasteiger partial charge >= 0.3 is 0 Å². The molecule has 0 saturated heterocycles. The summed E-state index contributed by atoms with van der Waals surface area (Å²) in [6, 6.07) is 43.1. The summed E-state index contributed by atoms with van der Waals surface area (Å²) in [6.45, 7) is 3.84. The minimum atomic E-state index is -3.06. The molecule has 16 nitrogen and oxygen atoms in total. The number of ether oxygens (including phenoxy) is 12. The molecule has 4 unspecified atom stereocenters. The normalized spacial score (nSPS) is 18.5. The average Bonchev–Trinajstić information content (AvgIpc) is 0.768. The molecule has 0 amide bonds. The third kappa shape index (κ3) is 32.0. The van der Waals surface area contributed by atoms with Crippen molar-refractivity contribution in [2.75, 3.05) is 83.0 Å². The molecule has 100 heavy (non-hydrogen) atoms. The van der Waals surface area contributed by atoms with Crippen molar-refractivity contribution in [3.8, 4) is 69.0 Å². The number of aliphatic hydroxyl groups excluding tert-OH is 4. The second kappa shape index (κ2) is 47.3. The predicted molar refractivity (Wildman–Crippen MR) is 399 cm³/mol. The fraction of sp³-hybridized carbons (Fsp3) is 0.429. The van der Waals surface area contributed by atoms with Crippen molar-refractivity contribution in [2.24, 2.45) is 0 Å². The zero-order chi connectivity index (χ0) is 100. The van der Waals surface area contributed by atoms with Crippen LogP contribution in [0.15, 0.2) is 170 Å². The number of hydrogen-bond acceptors (Lipinski definition) is 16. The lowest BCUT2D eigenvalue weighted by molar-refractivity contribution is 0.0976. The Morgan fingerprint density at radius 1 is 0.320 bits per heavy atom. The number of methoxy groups -OCH3 is 8. The topological polar surface area (TPSA) is 192 Å². The molecule has 0 aromatic heterocycles. The number of rotatable bonds is 40. The van der Waals surface area contributed by atoms with Gasteiger partial charge in [-0.05, 0) is 246 Å². The molecule has 0 fully saturated rings. The van der Waals surface area contributed by atoms with Crippen molar-refractivity contribution in [2.45, 2.75) is 154 Å². The molecule has 8 aromatic carbocycles. The van der Waals surface area contributed by atoms with Crippen LogP contribution in [-0.4, -0.2) is 128 Å². The Morgan fingerprint density at radius 2 is 0.620 bits per heavy atom. The highest BCUT2D eigenvalue weighted by molar-refractivity contribution is 5.46. The third-order valence-electron chi connectivity index (χ3n) is 13.8. The minimum Gasteiger partial charge on any atom is -0.493 e. The lowest BCUT2D eigenvalue weighted by Crippen LogP contribution is -2.17. The van der Waals surface area contributed by atoms with Crippen LogP contribution < -0.4 is 56.8 Å². The van der Waals surface area contributed by atoms with Crippen molar-refractivity contribution in [3.63, 3.8) is 0 Å². The van der Waals surface area contributed by atoms with E-state index in [-0.39, 0.29) is 34.1 Å². The van der Waals surface area contributed by atoms with Gasteiger partial charge in [-0.25, -0.2) is 0 Å². The zero-order valence-corrected chi connectivity index (χ0v) is 57.2. The summed E-state index contributed by atoms with van der Waals surface area (Å²) in [4.78, 5) is 0. The Bertz CT molecular complexity index is 4970. The molecule has 0 radical (unpaired) electrons. The van der Waals surface area contributed by atoms with Gasteiger partial charge in [-0.15, -0.1) is 0 Å². The van der Waals surface area contributed by atoms with E-state index < -0.39 is 173 Å². The summed E-state index contributed by atoms with van der Waals surface area (Å²) < 4.78 is 313. The molecule has 4 N–H and O–H groups in total. The second-order valence-electron chi connectivity index (χ2n) is 21.8. The van der Waals surface area contributed by atoms with E-state index in [2.05, 4.69) is 0 Å². The van der Waals surface area contributed by atoms with Crippen LogP contribution in [0.1, 0.15) is 165 Å². The van der Waals surface area contributed by atoms with Gasteiger partial charge in [0, 0.05) is 24.7 Å². The summed E-state index contributed by atoms with van der Waals surface area (Å²) in [6.07, 6.45) is -31.6. The van der Waals surface area contributed by atoms with Crippen LogP contribution in [0.2, 0.25) is 0 Å². The first kappa shape index (κ1) is 45.9. The van der Waals surface area contributed by atoms with E-state index in [1.807, 2.05) is 70.2 Å². The number of benzene rings is 8. The van der Waals surface area contributed by atoms with Crippen LogP contribution in [0.3, 0.4) is 0 Å². The first-order chi connectivity index (χ1) is 60.4. The largest absolute Gasteiger partial charge is 0.493 e. The van der Waals surface area contributed by atoms with Gasteiger partial charge in [-0.1, -0.05) is 98.5 Å². The maximum atomic E-state index is 10.4. The molecule has 16 heteroatoms. The number of aryl methyl sites for hydroxylation is 8. The zero-order valence-electron chi connectivity index (χ0n) is 89.2. The van der Waals surface area contributed by atoms with Gasteiger partial charge in [-0.3, -0.25) is 0 Å². The molecule has 0 spiro atoms. The predicted octanol–water partition coefficient (Wildman–Crippen LogP) is 16.7. The monoisotopic (exact) mass is 1410 g/mol. The van der Waals surface area contributed by atoms with Gasteiger partial charge in [0.1, 0.15) is 49.4 Å². The summed E-state index contributed by atoms with van der Waals surface area (Å²) >= 11 is 0. The highest BCUT2D eigenvalue weighted by Crippen LogP contribution is 2.32. The third-order valence-corrected chi connectivity index (χ3v) is 13.8. The molecule has 0 saturated carbocycles. The first-order valence-electron chi connectivity index (χ1n) is 47.5. The van der Waals surface area contributed by atoms with E-state index in [1.54, 1.807) is 87.0 Å². The SMILES string of the molecule is [2H]C([2H])(Oc1cccc(C)c1)C(O)CCCCc1ccc(OC)c(OC)c1.[2H]C([2H])([2H])Oc1cc(C([2H])([2H])C([2H])([2H])CC([2H])([2H])C(O)COc2cccc(C)c2)ccc1OC.[2H]C([2H])([2H])Oc1ccc(C([2H])([2H])C([2H])([2H])CC([2H])([2H])C(O)COc2cccc(C)c2)cc1OC.[2H]C([2H])([2H])Oc1ccc(C([2H])([2H])C([2H])([2H])CC([2H])([2H])C(O)COc2cccc(C)c2)cc1OC([2H])([2H])[2H]. The highest BCUT2D eigenvalue weighted by Gasteiger charge is 2.13. The van der Waals surface area contributed by atoms with Gasteiger partial charge in [-0.2, -0.15) is 0 Å². The molecule has 4 atom stereocenters. The van der Waals surface area contributed by atoms with E-state index in [0.717, 1.165) is 83.1 Å². The Balaban J connectivity index is 0.000000313. The van der Waals surface area contributed by atoms with E-state index >= 15 is 0 Å². The highest BCUT2D eigenvalue weighted by atomic mass is 16.5. The maximum absolute atomic E-state index is 10.4. The van der Waals surface area contributed by atoms with Crippen LogP contribution in [0.25, 0.3) is 0 Å². The molecule has 0 heterocycles. The molecule has 8 aromatic rings. The van der Waals surface area contributed by atoms with Crippen molar-refractivity contribution in [1.82, 2.24) is 0 Å². The van der Waals surface area contributed by atoms with Gasteiger partial charge in [0.25, 0.3) is 0 Å². The Kier molecular flexibility index (Phi) is 21.7. The summed E-state index contributed by atoms with van der Waals surface area (Å²) in [7, 11) is -5.96. The molecule has 0 aliphatic carbocycles. The molecule has 8 rings (SSSR count). The summed E-state index contributed by atoms with van der Waals surface area (Å²) in [5.41, 5.74) is 3.82. The quantitative estimate of drug-likeness (QED) is 0.0265. The average molecular weight is 1410 g/mol. The van der Waals surface area contributed by atoms with E-state index in [4.69, 9.17) is 101 Å². The van der Waals surface area contributed by atoms with Crippen LogP contribution in [-0.2, 0) is 25.5 Å². The van der Waals surface area contributed by atoms with Gasteiger partial charge in [0.15, 0.2) is 46.0 Å². The van der Waals surface area contributed by atoms with Crippen LogP contribution in [0.4, 0.5) is 0 Å². The molecule has 0 bridgehead atoms. The Morgan fingerprint density at radius 3 is 0.950 bits per heavy atom. The fourth-order valence-corrected chi connectivity index (χ4v) is 8.75. The fourth-order valence-electron chi connectivity index (χ4n) is 8.75. The van der Waals surface area contributed by atoms with Crippen molar-refractivity contribution >= 4 is 0 Å². The summed E-state index contributed by atoms with van der Waals surface area (Å²) in [5, 5.41) is 41.3. The first-order valence-corrected chi connectivity index (χ1v) is 31.5. The molecular formula is C84H112O16. The van der Waals surface area contributed by atoms with Gasteiger partial charge in [0.2, 0.25) is 0 Å². The lowest BCUT2D eigenvalue weighted by Gasteiger charge is -2.13. The molecule has 544 valence electrons. The van der Waals surface area contributed by atoms with Gasteiger partial charge < -0.3 is 77.3 Å². The van der Waals surface area contributed by atoms with E-state index in [1.165, 1.54) is 26.4 Å². The summed E-state index contributed by atoms with van der Waals surface area (Å²) in [5.74, 6) is 1.20. The van der Waals surface area contributed by atoms with Crippen molar-refractivity contribution < 1.29 is 121 Å².